The second-order valence-electron chi connectivity index (χ2n) is 6.58. The lowest BCUT2D eigenvalue weighted by molar-refractivity contribution is -0.138. The van der Waals surface area contributed by atoms with Crippen molar-refractivity contribution in [2.24, 2.45) is 17.8 Å². The smallest absolute Gasteiger partial charge is 0.226 e. The maximum atomic E-state index is 14.1. The summed E-state index contributed by atoms with van der Waals surface area (Å²) in [6.07, 6.45) is 0.850. The number of benzene rings is 1. The molecule has 1 aromatic rings. The molecule has 1 aromatic carbocycles. The Hall–Kier alpha value is -1.13. The zero-order valence-electron chi connectivity index (χ0n) is 13.1. The van der Waals surface area contributed by atoms with Gasteiger partial charge in [-0.1, -0.05) is 32.0 Å². The highest BCUT2D eigenvalue weighted by Crippen LogP contribution is 2.38. The number of hydrogen-bond acceptors (Lipinski definition) is 2. The Morgan fingerprint density at radius 2 is 2.05 bits per heavy atom. The molecule has 0 aromatic heterocycles. The minimum Gasteiger partial charge on any atom is -0.335 e. The predicted molar refractivity (Wildman–Crippen MR) is 87.4 cm³/mol. The van der Waals surface area contributed by atoms with Crippen LogP contribution in [-0.4, -0.2) is 30.4 Å². The molecule has 2 saturated heterocycles. The molecule has 0 saturated carbocycles. The molecule has 0 aliphatic carbocycles. The molecule has 122 valence electrons. The lowest BCUT2D eigenvalue weighted by atomic mass is 9.87. The summed E-state index contributed by atoms with van der Waals surface area (Å²) < 4.78 is 14.1. The fourth-order valence-electron chi connectivity index (χ4n) is 3.46. The number of hydrogen-bond donors (Lipinski definition) is 1. The number of likely N-dealkylation sites (tertiary alicyclic amines) is 1. The highest BCUT2D eigenvalue weighted by molar-refractivity contribution is 5.85. The van der Waals surface area contributed by atoms with Crippen LogP contribution in [0.3, 0.4) is 0 Å². The van der Waals surface area contributed by atoms with Crippen molar-refractivity contribution in [3.8, 4) is 0 Å². The summed E-state index contributed by atoms with van der Waals surface area (Å²) in [6, 6.07) is 6.74. The van der Waals surface area contributed by atoms with Crippen molar-refractivity contribution in [3.63, 3.8) is 0 Å². The SMILES string of the molecule is CC1CC(c2ccccc2F)N(C(=O)C(C)C2CNC2)C1.Cl. The van der Waals surface area contributed by atoms with Gasteiger partial charge in [0, 0.05) is 18.0 Å². The van der Waals surface area contributed by atoms with Crippen LogP contribution in [-0.2, 0) is 4.79 Å². The average molecular weight is 327 g/mol. The van der Waals surface area contributed by atoms with Crippen LogP contribution in [0.1, 0.15) is 31.9 Å². The van der Waals surface area contributed by atoms with E-state index in [0.29, 0.717) is 17.4 Å². The van der Waals surface area contributed by atoms with E-state index in [0.717, 1.165) is 26.1 Å². The van der Waals surface area contributed by atoms with Gasteiger partial charge in [0.1, 0.15) is 5.82 Å². The first-order chi connectivity index (χ1) is 10.1. The van der Waals surface area contributed by atoms with Gasteiger partial charge in [-0.25, -0.2) is 4.39 Å². The number of carbonyl (C=O) groups excluding carboxylic acids is 1. The van der Waals surface area contributed by atoms with E-state index >= 15 is 0 Å². The molecule has 5 heteroatoms. The van der Waals surface area contributed by atoms with Crippen LogP contribution in [0, 0.1) is 23.6 Å². The molecule has 1 N–H and O–H groups in total. The summed E-state index contributed by atoms with van der Waals surface area (Å²) in [4.78, 5) is 14.7. The Labute approximate surface area is 137 Å². The Morgan fingerprint density at radius 3 is 2.64 bits per heavy atom. The van der Waals surface area contributed by atoms with Gasteiger partial charge in [-0.15, -0.1) is 12.4 Å². The van der Waals surface area contributed by atoms with Crippen LogP contribution in [0.15, 0.2) is 24.3 Å². The second-order valence-corrected chi connectivity index (χ2v) is 6.58. The van der Waals surface area contributed by atoms with E-state index < -0.39 is 0 Å². The lowest BCUT2D eigenvalue weighted by Gasteiger charge is -2.36. The number of rotatable bonds is 3. The zero-order valence-corrected chi connectivity index (χ0v) is 13.9. The summed E-state index contributed by atoms with van der Waals surface area (Å²) in [6.45, 7) is 6.72. The minimum absolute atomic E-state index is 0. The molecule has 2 aliphatic heterocycles. The molecule has 2 fully saturated rings. The van der Waals surface area contributed by atoms with Crippen LogP contribution in [0.4, 0.5) is 4.39 Å². The van der Waals surface area contributed by atoms with Gasteiger partial charge >= 0.3 is 0 Å². The van der Waals surface area contributed by atoms with Crippen molar-refractivity contribution in [2.75, 3.05) is 19.6 Å². The van der Waals surface area contributed by atoms with Gasteiger partial charge in [0.05, 0.1) is 6.04 Å². The monoisotopic (exact) mass is 326 g/mol. The molecule has 2 heterocycles. The molecular weight excluding hydrogens is 303 g/mol. The molecule has 0 spiro atoms. The standard InChI is InChI=1S/C17H23FN2O.ClH/c1-11-7-16(14-5-3-4-6-15(14)18)20(10-11)17(21)12(2)13-8-19-9-13;/h3-6,11-13,16,19H,7-10H2,1-2H3;1H. The molecule has 2 aliphatic rings. The first kappa shape index (κ1) is 17.2. The third kappa shape index (κ3) is 3.13. The van der Waals surface area contributed by atoms with Crippen LogP contribution >= 0.6 is 12.4 Å². The van der Waals surface area contributed by atoms with Crippen molar-refractivity contribution in [1.82, 2.24) is 10.2 Å². The first-order valence-corrected chi connectivity index (χ1v) is 7.83. The van der Waals surface area contributed by atoms with Crippen LogP contribution < -0.4 is 5.32 Å². The normalized spacial score (nSPS) is 26.2. The van der Waals surface area contributed by atoms with E-state index in [2.05, 4.69) is 12.2 Å². The molecular formula is C17H24ClFN2O. The summed E-state index contributed by atoms with van der Waals surface area (Å²) in [5.74, 6) is 0.845. The topological polar surface area (TPSA) is 32.3 Å². The number of halogens is 2. The van der Waals surface area contributed by atoms with Gasteiger partial charge in [0.2, 0.25) is 5.91 Å². The molecule has 0 radical (unpaired) electrons. The van der Waals surface area contributed by atoms with E-state index in [4.69, 9.17) is 0 Å². The molecule has 3 rings (SSSR count). The Kier molecular flexibility index (Phi) is 5.45. The van der Waals surface area contributed by atoms with Crippen molar-refractivity contribution >= 4 is 18.3 Å². The van der Waals surface area contributed by atoms with Crippen LogP contribution in [0.25, 0.3) is 0 Å². The Morgan fingerprint density at radius 1 is 1.36 bits per heavy atom. The lowest BCUT2D eigenvalue weighted by Crippen LogP contribution is -2.50. The van der Waals surface area contributed by atoms with E-state index in [9.17, 15) is 9.18 Å². The third-order valence-corrected chi connectivity index (χ3v) is 4.97. The fraction of sp³-hybridized carbons (Fsp3) is 0.588. The summed E-state index contributed by atoms with van der Waals surface area (Å²) >= 11 is 0. The molecule has 0 bridgehead atoms. The molecule has 3 atom stereocenters. The van der Waals surface area contributed by atoms with Crippen molar-refractivity contribution in [3.05, 3.63) is 35.6 Å². The first-order valence-electron chi connectivity index (χ1n) is 7.83. The van der Waals surface area contributed by atoms with Gasteiger partial charge in [0.25, 0.3) is 0 Å². The largest absolute Gasteiger partial charge is 0.335 e. The fourth-order valence-corrected chi connectivity index (χ4v) is 3.46. The van der Waals surface area contributed by atoms with E-state index in [1.807, 2.05) is 24.0 Å². The summed E-state index contributed by atoms with van der Waals surface area (Å²) in [7, 11) is 0. The van der Waals surface area contributed by atoms with Gasteiger partial charge in [0.15, 0.2) is 0 Å². The van der Waals surface area contributed by atoms with E-state index in [1.165, 1.54) is 6.07 Å². The highest BCUT2D eigenvalue weighted by Gasteiger charge is 2.39. The molecule has 3 unspecified atom stereocenters. The van der Waals surface area contributed by atoms with Crippen LogP contribution in [0.2, 0.25) is 0 Å². The predicted octanol–water partition coefficient (Wildman–Crippen LogP) is 3.01. The van der Waals surface area contributed by atoms with E-state index in [1.54, 1.807) is 6.07 Å². The van der Waals surface area contributed by atoms with Gasteiger partial charge in [-0.3, -0.25) is 4.79 Å². The van der Waals surface area contributed by atoms with Crippen molar-refractivity contribution in [2.45, 2.75) is 26.3 Å². The highest BCUT2D eigenvalue weighted by atomic mass is 35.5. The zero-order chi connectivity index (χ0) is 15.0. The van der Waals surface area contributed by atoms with Crippen molar-refractivity contribution in [1.29, 1.82) is 0 Å². The average Bonchev–Trinajstić information content (AvgIpc) is 2.78. The van der Waals surface area contributed by atoms with Crippen LogP contribution in [0.5, 0.6) is 0 Å². The number of amides is 1. The number of carbonyl (C=O) groups is 1. The number of nitrogens with one attached hydrogen (secondary N) is 1. The van der Waals surface area contributed by atoms with Gasteiger partial charge in [-0.2, -0.15) is 0 Å². The van der Waals surface area contributed by atoms with Crippen molar-refractivity contribution < 1.29 is 9.18 Å². The maximum absolute atomic E-state index is 14.1. The summed E-state index contributed by atoms with van der Waals surface area (Å²) in [5.41, 5.74) is 0.661. The minimum atomic E-state index is -0.202. The summed E-state index contributed by atoms with van der Waals surface area (Å²) in [5, 5.41) is 3.22. The Bertz CT molecular complexity index is 535. The maximum Gasteiger partial charge on any atom is 0.226 e. The molecule has 1 amide bonds. The quantitative estimate of drug-likeness (QED) is 0.926. The van der Waals surface area contributed by atoms with Gasteiger partial charge in [-0.05, 0) is 37.4 Å². The molecule has 3 nitrogen and oxygen atoms in total. The number of nitrogens with zero attached hydrogens (tertiary/aromatic N) is 1. The Balaban J connectivity index is 0.00000176. The second kappa shape index (κ2) is 6.97. The molecule has 22 heavy (non-hydrogen) atoms. The van der Waals surface area contributed by atoms with Gasteiger partial charge < -0.3 is 10.2 Å². The third-order valence-electron chi connectivity index (χ3n) is 4.97. The van der Waals surface area contributed by atoms with E-state index in [-0.39, 0.29) is 36.1 Å².